The Bertz CT molecular complexity index is 341. The van der Waals surface area contributed by atoms with Gasteiger partial charge in [0, 0.05) is 12.1 Å². The van der Waals surface area contributed by atoms with E-state index in [1.54, 1.807) is 0 Å². The molecule has 1 aromatic heterocycles. The molecule has 0 bridgehead atoms. The molecule has 1 heterocycles. The monoisotopic (exact) mass is 237 g/mol. The first-order valence-electron chi connectivity index (χ1n) is 6.40. The minimum atomic E-state index is 0.429. The molecular formula is C13H23N3O. The third-order valence-electron chi connectivity index (χ3n) is 2.49. The number of nitrogens with one attached hydrogen (secondary N) is 1. The average Bonchev–Trinajstić information content (AvgIpc) is 2.26. The Morgan fingerprint density at radius 1 is 1.35 bits per heavy atom. The zero-order valence-corrected chi connectivity index (χ0v) is 11.3. The van der Waals surface area contributed by atoms with E-state index in [-0.39, 0.29) is 0 Å². The zero-order chi connectivity index (χ0) is 12.7. The van der Waals surface area contributed by atoms with Crippen LogP contribution in [0.4, 0.5) is 5.82 Å². The van der Waals surface area contributed by atoms with Crippen molar-refractivity contribution in [3.05, 3.63) is 11.9 Å². The van der Waals surface area contributed by atoms with Gasteiger partial charge in [-0.2, -0.15) is 4.98 Å². The van der Waals surface area contributed by atoms with E-state index in [0.29, 0.717) is 18.5 Å². The maximum absolute atomic E-state index is 5.40. The molecule has 4 nitrogen and oxygen atoms in total. The molecule has 0 spiro atoms. The number of anilines is 1. The molecule has 1 N–H and O–H groups in total. The summed E-state index contributed by atoms with van der Waals surface area (Å²) in [7, 11) is 0. The second kappa shape index (κ2) is 7.09. The molecule has 0 saturated heterocycles. The molecule has 96 valence electrons. The summed E-state index contributed by atoms with van der Waals surface area (Å²) in [6, 6.07) is 2.29. The molecule has 0 aliphatic rings. The van der Waals surface area contributed by atoms with E-state index in [4.69, 9.17) is 4.74 Å². The number of aryl methyl sites for hydroxylation is 1. The maximum atomic E-state index is 5.40. The summed E-state index contributed by atoms with van der Waals surface area (Å²) in [5.41, 5.74) is 0. The Morgan fingerprint density at radius 3 is 2.76 bits per heavy atom. The number of ether oxygens (including phenoxy) is 1. The first-order valence-corrected chi connectivity index (χ1v) is 6.40. The third kappa shape index (κ3) is 5.02. The van der Waals surface area contributed by atoms with Crippen molar-refractivity contribution in [1.29, 1.82) is 0 Å². The molecule has 0 fully saturated rings. The first-order chi connectivity index (χ1) is 8.15. The summed E-state index contributed by atoms with van der Waals surface area (Å²) in [4.78, 5) is 8.58. The highest BCUT2D eigenvalue weighted by atomic mass is 16.5. The smallest absolute Gasteiger partial charge is 0.218 e. The van der Waals surface area contributed by atoms with Crippen LogP contribution >= 0.6 is 0 Å². The van der Waals surface area contributed by atoms with Gasteiger partial charge in [0.05, 0.1) is 6.61 Å². The average molecular weight is 237 g/mol. The molecule has 17 heavy (non-hydrogen) atoms. The molecule has 1 atom stereocenters. The van der Waals surface area contributed by atoms with Crippen LogP contribution in [-0.2, 0) is 0 Å². The van der Waals surface area contributed by atoms with Crippen LogP contribution in [-0.4, -0.2) is 22.6 Å². The quantitative estimate of drug-likeness (QED) is 0.791. The van der Waals surface area contributed by atoms with Gasteiger partial charge in [-0.05, 0) is 27.2 Å². The van der Waals surface area contributed by atoms with Crippen molar-refractivity contribution in [3.63, 3.8) is 0 Å². The molecule has 0 amide bonds. The summed E-state index contributed by atoms with van der Waals surface area (Å²) in [5, 5.41) is 3.39. The number of hydrogen-bond donors (Lipinski definition) is 1. The van der Waals surface area contributed by atoms with E-state index in [2.05, 4.69) is 29.1 Å². The Morgan fingerprint density at radius 2 is 2.12 bits per heavy atom. The fourth-order valence-corrected chi connectivity index (χ4v) is 1.67. The number of rotatable bonds is 7. The van der Waals surface area contributed by atoms with Gasteiger partial charge < -0.3 is 10.1 Å². The summed E-state index contributed by atoms with van der Waals surface area (Å²) in [5.74, 6) is 2.23. The first kappa shape index (κ1) is 13.7. The zero-order valence-electron chi connectivity index (χ0n) is 11.3. The Kier molecular flexibility index (Phi) is 5.73. The van der Waals surface area contributed by atoms with Gasteiger partial charge in [0.2, 0.25) is 5.88 Å². The Balaban J connectivity index is 2.63. The molecular weight excluding hydrogens is 214 g/mol. The van der Waals surface area contributed by atoms with Crippen LogP contribution in [0.2, 0.25) is 0 Å². The van der Waals surface area contributed by atoms with Crippen LogP contribution in [0.3, 0.4) is 0 Å². The minimum absolute atomic E-state index is 0.429. The Hall–Kier alpha value is -1.32. The molecule has 1 unspecified atom stereocenters. The van der Waals surface area contributed by atoms with E-state index < -0.39 is 0 Å². The van der Waals surface area contributed by atoms with Crippen LogP contribution in [0.5, 0.6) is 5.88 Å². The van der Waals surface area contributed by atoms with Crippen molar-refractivity contribution in [2.75, 3.05) is 11.9 Å². The van der Waals surface area contributed by atoms with Gasteiger partial charge in [0.25, 0.3) is 0 Å². The van der Waals surface area contributed by atoms with Gasteiger partial charge in [-0.1, -0.05) is 19.8 Å². The highest BCUT2D eigenvalue weighted by Gasteiger charge is 2.06. The predicted octanol–water partition coefficient (Wildman–Crippen LogP) is 3.17. The van der Waals surface area contributed by atoms with Crippen molar-refractivity contribution >= 4 is 5.82 Å². The lowest BCUT2D eigenvalue weighted by Gasteiger charge is -2.15. The molecule has 0 aliphatic heterocycles. The second-order valence-electron chi connectivity index (χ2n) is 4.26. The number of unbranched alkanes of at least 4 members (excludes halogenated alkanes) is 1. The minimum Gasteiger partial charge on any atom is -0.478 e. The summed E-state index contributed by atoms with van der Waals surface area (Å²) in [6.07, 6.45) is 3.61. The lowest BCUT2D eigenvalue weighted by Crippen LogP contribution is -2.16. The molecule has 1 rings (SSSR count). The van der Waals surface area contributed by atoms with E-state index >= 15 is 0 Å². The second-order valence-corrected chi connectivity index (χ2v) is 4.26. The number of aromatic nitrogens is 2. The van der Waals surface area contributed by atoms with Crippen molar-refractivity contribution in [3.8, 4) is 5.88 Å². The molecule has 1 aromatic rings. The summed E-state index contributed by atoms with van der Waals surface area (Å²) >= 11 is 0. The summed E-state index contributed by atoms with van der Waals surface area (Å²) < 4.78 is 5.40. The van der Waals surface area contributed by atoms with E-state index in [1.165, 1.54) is 12.8 Å². The molecule has 0 aliphatic carbocycles. The highest BCUT2D eigenvalue weighted by Crippen LogP contribution is 2.15. The van der Waals surface area contributed by atoms with Gasteiger partial charge in [0.15, 0.2) is 0 Å². The number of nitrogens with zero attached hydrogens (tertiary/aromatic N) is 2. The van der Waals surface area contributed by atoms with Crippen LogP contribution in [0.1, 0.15) is 45.9 Å². The van der Waals surface area contributed by atoms with E-state index in [0.717, 1.165) is 18.1 Å². The molecule has 0 radical (unpaired) electrons. The topological polar surface area (TPSA) is 47.0 Å². The molecule has 0 saturated carbocycles. The van der Waals surface area contributed by atoms with Gasteiger partial charge in [-0.3, -0.25) is 0 Å². The predicted molar refractivity (Wildman–Crippen MR) is 70.5 cm³/mol. The van der Waals surface area contributed by atoms with E-state index in [1.807, 2.05) is 19.9 Å². The Labute approximate surface area is 104 Å². The lowest BCUT2D eigenvalue weighted by atomic mass is 10.1. The summed E-state index contributed by atoms with van der Waals surface area (Å²) in [6.45, 7) is 8.84. The van der Waals surface area contributed by atoms with Crippen LogP contribution in [0.25, 0.3) is 0 Å². The van der Waals surface area contributed by atoms with E-state index in [9.17, 15) is 0 Å². The van der Waals surface area contributed by atoms with Gasteiger partial charge in [-0.25, -0.2) is 4.98 Å². The van der Waals surface area contributed by atoms with Crippen molar-refractivity contribution in [2.45, 2.75) is 53.0 Å². The van der Waals surface area contributed by atoms with Crippen LogP contribution < -0.4 is 10.1 Å². The molecule has 0 aromatic carbocycles. The van der Waals surface area contributed by atoms with Crippen molar-refractivity contribution < 1.29 is 4.74 Å². The SMILES string of the molecule is CCCCC(C)Nc1cc(OCC)nc(C)n1. The van der Waals surface area contributed by atoms with Crippen LogP contribution in [0.15, 0.2) is 6.07 Å². The number of hydrogen-bond acceptors (Lipinski definition) is 4. The fourth-order valence-electron chi connectivity index (χ4n) is 1.67. The third-order valence-corrected chi connectivity index (χ3v) is 2.49. The highest BCUT2D eigenvalue weighted by molar-refractivity contribution is 5.39. The fraction of sp³-hybridized carbons (Fsp3) is 0.692. The van der Waals surface area contributed by atoms with Crippen molar-refractivity contribution in [1.82, 2.24) is 9.97 Å². The van der Waals surface area contributed by atoms with Crippen LogP contribution in [0, 0.1) is 6.92 Å². The van der Waals surface area contributed by atoms with Crippen molar-refractivity contribution in [2.24, 2.45) is 0 Å². The normalized spacial score (nSPS) is 12.2. The molecule has 4 heteroatoms. The standard InChI is InChI=1S/C13H23N3O/c1-5-7-8-10(3)14-12-9-13(17-6-2)16-11(4)15-12/h9-10H,5-8H2,1-4H3,(H,14,15,16). The van der Waals surface area contributed by atoms with Gasteiger partial charge in [-0.15, -0.1) is 0 Å². The van der Waals surface area contributed by atoms with Gasteiger partial charge in [0.1, 0.15) is 11.6 Å². The largest absolute Gasteiger partial charge is 0.478 e. The lowest BCUT2D eigenvalue weighted by molar-refractivity contribution is 0.325. The van der Waals surface area contributed by atoms with Gasteiger partial charge >= 0.3 is 0 Å². The maximum Gasteiger partial charge on any atom is 0.218 e.